The summed E-state index contributed by atoms with van der Waals surface area (Å²) in [5, 5.41) is 15.2. The van der Waals surface area contributed by atoms with Crippen molar-refractivity contribution in [2.45, 2.75) is 71.1 Å². The van der Waals surface area contributed by atoms with E-state index in [1.54, 1.807) is 13.8 Å². The molecule has 0 bridgehead atoms. The van der Waals surface area contributed by atoms with Crippen LogP contribution in [0.2, 0.25) is 0 Å². The lowest BCUT2D eigenvalue weighted by Crippen LogP contribution is -2.54. The van der Waals surface area contributed by atoms with Crippen molar-refractivity contribution >= 4 is 19.2 Å². The van der Waals surface area contributed by atoms with Crippen molar-refractivity contribution in [2.24, 2.45) is 17.6 Å². The predicted molar refractivity (Wildman–Crippen MR) is 106 cm³/mol. The first-order chi connectivity index (χ1) is 12.5. The maximum absolute atomic E-state index is 12.4. The van der Waals surface area contributed by atoms with Gasteiger partial charge in [-0.05, 0) is 31.6 Å². The van der Waals surface area contributed by atoms with Crippen LogP contribution in [0.1, 0.15) is 52.9 Å². The van der Waals surface area contributed by atoms with Gasteiger partial charge in [-0.25, -0.2) is 0 Å². The van der Waals surface area contributed by atoms with Gasteiger partial charge in [-0.15, -0.1) is 0 Å². The molecule has 1 unspecified atom stereocenters. The van der Waals surface area contributed by atoms with Gasteiger partial charge in [0.05, 0.1) is 18.3 Å². The molecule has 4 atom stereocenters. The summed E-state index contributed by atoms with van der Waals surface area (Å²) in [6.07, 6.45) is 4.18. The first-order valence-electron chi connectivity index (χ1n) is 9.84. The SMILES string of the molecule is CC(C)[C@H](NC(=O)[C@H](C)N)C(=O)NC[C@H](O)CP(=O)(O)CC1CCCCC1. The zero-order chi connectivity index (χ0) is 20.6. The summed E-state index contributed by atoms with van der Waals surface area (Å²) in [7, 11) is -3.44. The van der Waals surface area contributed by atoms with Gasteiger partial charge in [0.2, 0.25) is 19.2 Å². The highest BCUT2D eigenvalue weighted by Gasteiger charge is 2.29. The highest BCUT2D eigenvalue weighted by molar-refractivity contribution is 7.58. The second-order valence-electron chi connectivity index (χ2n) is 8.13. The number of hydrogen-bond acceptors (Lipinski definition) is 5. The van der Waals surface area contributed by atoms with Crippen LogP contribution in [-0.2, 0) is 14.2 Å². The second kappa shape index (κ2) is 11.1. The van der Waals surface area contributed by atoms with E-state index in [1.165, 1.54) is 13.3 Å². The van der Waals surface area contributed by atoms with Crippen LogP contribution >= 0.6 is 7.37 Å². The minimum Gasteiger partial charge on any atom is -0.391 e. The fourth-order valence-electron chi connectivity index (χ4n) is 3.39. The van der Waals surface area contributed by atoms with Gasteiger partial charge < -0.3 is 26.4 Å². The molecule has 1 rings (SSSR count). The summed E-state index contributed by atoms with van der Waals surface area (Å²) in [5.74, 6) is -0.801. The Morgan fingerprint density at radius 3 is 2.26 bits per heavy atom. The molecule has 27 heavy (non-hydrogen) atoms. The normalized spacial score (nSPS) is 21.1. The van der Waals surface area contributed by atoms with Crippen LogP contribution in [0.25, 0.3) is 0 Å². The molecule has 0 aromatic carbocycles. The average Bonchev–Trinajstić information content (AvgIpc) is 2.56. The molecule has 0 aliphatic heterocycles. The number of rotatable bonds is 10. The largest absolute Gasteiger partial charge is 0.391 e. The highest BCUT2D eigenvalue weighted by Crippen LogP contribution is 2.45. The summed E-state index contributed by atoms with van der Waals surface area (Å²) in [5.41, 5.74) is 5.51. The van der Waals surface area contributed by atoms with E-state index in [-0.39, 0.29) is 30.7 Å². The third-order valence-electron chi connectivity index (χ3n) is 4.94. The molecule has 0 saturated heterocycles. The summed E-state index contributed by atoms with van der Waals surface area (Å²) in [6.45, 7) is 4.97. The highest BCUT2D eigenvalue weighted by atomic mass is 31.2. The van der Waals surface area contributed by atoms with Crippen molar-refractivity contribution in [2.75, 3.05) is 18.9 Å². The van der Waals surface area contributed by atoms with Crippen molar-refractivity contribution in [1.82, 2.24) is 10.6 Å². The van der Waals surface area contributed by atoms with E-state index in [0.29, 0.717) is 0 Å². The molecule has 1 fully saturated rings. The van der Waals surface area contributed by atoms with Crippen molar-refractivity contribution in [3.8, 4) is 0 Å². The van der Waals surface area contributed by atoms with Crippen molar-refractivity contribution in [3.05, 3.63) is 0 Å². The minimum atomic E-state index is -3.44. The summed E-state index contributed by atoms with van der Waals surface area (Å²) < 4.78 is 12.4. The fourth-order valence-corrected chi connectivity index (χ4v) is 5.50. The summed E-state index contributed by atoms with van der Waals surface area (Å²) in [6, 6.07) is -1.51. The molecule has 2 amide bonds. The van der Waals surface area contributed by atoms with E-state index in [0.717, 1.165) is 25.7 Å². The Labute approximate surface area is 162 Å². The Bertz CT molecular complexity index is 535. The number of amides is 2. The van der Waals surface area contributed by atoms with Crippen LogP contribution in [0, 0.1) is 11.8 Å². The summed E-state index contributed by atoms with van der Waals surface area (Å²) in [4.78, 5) is 34.3. The van der Waals surface area contributed by atoms with Gasteiger partial charge >= 0.3 is 0 Å². The molecule has 8 nitrogen and oxygen atoms in total. The minimum absolute atomic E-state index is 0.134. The Hall–Kier alpha value is -0.950. The smallest absolute Gasteiger partial charge is 0.242 e. The van der Waals surface area contributed by atoms with Crippen LogP contribution in [0.5, 0.6) is 0 Å². The zero-order valence-electron chi connectivity index (χ0n) is 16.7. The third-order valence-corrected chi connectivity index (χ3v) is 7.02. The van der Waals surface area contributed by atoms with Gasteiger partial charge in [-0.2, -0.15) is 0 Å². The van der Waals surface area contributed by atoms with Gasteiger partial charge in [0.15, 0.2) is 0 Å². The maximum Gasteiger partial charge on any atom is 0.242 e. The molecule has 1 aliphatic rings. The van der Waals surface area contributed by atoms with E-state index < -0.39 is 37.4 Å². The third kappa shape index (κ3) is 9.19. The second-order valence-corrected chi connectivity index (χ2v) is 10.6. The number of hydrogen-bond donors (Lipinski definition) is 5. The van der Waals surface area contributed by atoms with Gasteiger partial charge in [0, 0.05) is 12.7 Å². The summed E-state index contributed by atoms with van der Waals surface area (Å²) >= 11 is 0. The molecule has 1 aliphatic carbocycles. The zero-order valence-corrected chi connectivity index (χ0v) is 17.6. The van der Waals surface area contributed by atoms with Crippen molar-refractivity contribution in [1.29, 1.82) is 0 Å². The molecule has 0 aromatic rings. The number of carbonyl (C=O) groups excluding carboxylic acids is 2. The van der Waals surface area contributed by atoms with E-state index in [2.05, 4.69) is 10.6 Å². The molecule has 158 valence electrons. The lowest BCUT2D eigenvalue weighted by molar-refractivity contribution is -0.130. The molecule has 6 N–H and O–H groups in total. The first kappa shape index (κ1) is 24.1. The number of aliphatic hydroxyl groups excluding tert-OH is 1. The Kier molecular flexibility index (Phi) is 9.95. The number of nitrogens with two attached hydrogens (primary N) is 1. The van der Waals surface area contributed by atoms with Crippen molar-refractivity contribution < 1.29 is 24.2 Å². The molecule has 0 heterocycles. The molecule has 0 aromatic heterocycles. The molecule has 9 heteroatoms. The van der Waals surface area contributed by atoms with Crippen LogP contribution in [0.15, 0.2) is 0 Å². The topological polar surface area (TPSA) is 142 Å². The Morgan fingerprint density at radius 2 is 1.74 bits per heavy atom. The number of carbonyl (C=O) groups is 2. The van der Waals surface area contributed by atoms with Gasteiger partial charge in [-0.1, -0.05) is 33.1 Å². The lowest BCUT2D eigenvalue weighted by atomic mass is 9.91. The predicted octanol–water partition coefficient (Wildman–Crippen LogP) is 0.802. The molecule has 0 spiro atoms. The van der Waals surface area contributed by atoms with Gasteiger partial charge in [0.1, 0.15) is 6.04 Å². The van der Waals surface area contributed by atoms with E-state index >= 15 is 0 Å². The maximum atomic E-state index is 12.4. The molecule has 0 radical (unpaired) electrons. The first-order valence-corrected chi connectivity index (χ1v) is 11.9. The number of aliphatic hydroxyl groups is 1. The van der Waals surface area contributed by atoms with Crippen LogP contribution in [-0.4, -0.2) is 58.9 Å². The average molecular weight is 405 g/mol. The molecule has 1 saturated carbocycles. The Balaban J connectivity index is 2.48. The lowest BCUT2D eigenvalue weighted by Gasteiger charge is -2.26. The van der Waals surface area contributed by atoms with Crippen molar-refractivity contribution in [3.63, 3.8) is 0 Å². The molecular formula is C18H36N3O5P. The van der Waals surface area contributed by atoms with E-state index in [9.17, 15) is 24.2 Å². The van der Waals surface area contributed by atoms with Crippen LogP contribution < -0.4 is 16.4 Å². The number of nitrogens with one attached hydrogen (secondary N) is 2. The van der Waals surface area contributed by atoms with Crippen LogP contribution in [0.4, 0.5) is 0 Å². The van der Waals surface area contributed by atoms with E-state index in [1.807, 2.05) is 0 Å². The Morgan fingerprint density at radius 1 is 1.15 bits per heavy atom. The fraction of sp³-hybridized carbons (Fsp3) is 0.889. The van der Waals surface area contributed by atoms with E-state index in [4.69, 9.17) is 5.73 Å². The van der Waals surface area contributed by atoms with Gasteiger partial charge in [0.25, 0.3) is 0 Å². The quantitative estimate of drug-likeness (QED) is 0.340. The monoisotopic (exact) mass is 405 g/mol. The molecular weight excluding hydrogens is 369 g/mol. The van der Waals surface area contributed by atoms with Crippen LogP contribution in [0.3, 0.4) is 0 Å². The van der Waals surface area contributed by atoms with Gasteiger partial charge in [-0.3, -0.25) is 14.2 Å². The standard InChI is InChI=1S/C18H36N3O5P/c1-12(2)16(21-17(23)13(3)19)18(24)20-9-15(22)11-27(25,26)10-14-7-5-4-6-8-14/h12-16,22H,4-11,19H2,1-3H3,(H,20,24)(H,21,23)(H,25,26)/t13-,15-,16-/m0/s1.